The maximum atomic E-state index is 12.3. The number of nitrogens with one attached hydrogen (secondary N) is 2. The molecule has 1 fully saturated rings. The molecule has 0 spiro atoms. The molecule has 2 aromatic rings. The predicted octanol–water partition coefficient (Wildman–Crippen LogP) is 0.916. The lowest BCUT2D eigenvalue weighted by molar-refractivity contribution is -0.117. The summed E-state index contributed by atoms with van der Waals surface area (Å²) < 4.78 is 0. The lowest BCUT2D eigenvalue weighted by Crippen LogP contribution is -2.50. The van der Waals surface area contributed by atoms with Crippen molar-refractivity contribution < 1.29 is 9.59 Å². The predicted molar refractivity (Wildman–Crippen MR) is 86.7 cm³/mol. The summed E-state index contributed by atoms with van der Waals surface area (Å²) in [6, 6.07) is 1.62. The van der Waals surface area contributed by atoms with Crippen molar-refractivity contribution in [1.29, 1.82) is 0 Å². The van der Waals surface area contributed by atoms with Gasteiger partial charge in [0.15, 0.2) is 0 Å². The van der Waals surface area contributed by atoms with E-state index in [9.17, 15) is 9.59 Å². The maximum Gasteiger partial charge on any atom is 0.270 e. The first-order valence-electron chi connectivity index (χ1n) is 7.03. The third kappa shape index (κ3) is 4.06. The fourth-order valence-corrected chi connectivity index (χ4v) is 2.99. The van der Waals surface area contributed by atoms with Gasteiger partial charge in [-0.2, -0.15) is 0 Å². The lowest BCUT2D eigenvalue weighted by atomic mass is 10.2. The number of nitrogens with zero attached hydrogens (tertiary/aromatic N) is 4. The number of aromatic nitrogens is 3. The fourth-order valence-electron chi connectivity index (χ4n) is 2.36. The van der Waals surface area contributed by atoms with Crippen LogP contribution in [0.25, 0.3) is 0 Å². The lowest BCUT2D eigenvalue weighted by Gasteiger charge is -2.34. The highest BCUT2D eigenvalue weighted by molar-refractivity contribution is 7.13. The number of anilines is 1. The quantitative estimate of drug-likeness (QED) is 0.851. The monoisotopic (exact) mass is 354 g/mol. The van der Waals surface area contributed by atoms with Crippen LogP contribution in [0.5, 0.6) is 0 Å². The standard InChI is InChI=1S/C13H15ClN6O2S/c14-9-5-10(15-6-9)12(22)20-3-1-19(2-4-20)7-11(21)17-13-18-16-8-23-13/h5-6,8,15H,1-4,7H2,(H,17,18,21). The van der Waals surface area contributed by atoms with Crippen molar-refractivity contribution in [1.82, 2.24) is 25.0 Å². The van der Waals surface area contributed by atoms with Crippen LogP contribution in [0.2, 0.25) is 5.02 Å². The average Bonchev–Trinajstić information content (AvgIpc) is 3.19. The molecule has 0 bridgehead atoms. The Balaban J connectivity index is 1.46. The van der Waals surface area contributed by atoms with Crippen LogP contribution in [0.15, 0.2) is 17.8 Å². The summed E-state index contributed by atoms with van der Waals surface area (Å²) in [6.07, 6.45) is 1.59. The Morgan fingerprint density at radius 3 is 2.74 bits per heavy atom. The molecule has 23 heavy (non-hydrogen) atoms. The molecule has 1 aliphatic rings. The number of piperazine rings is 1. The van der Waals surface area contributed by atoms with E-state index in [1.54, 1.807) is 22.7 Å². The summed E-state index contributed by atoms with van der Waals surface area (Å²) in [7, 11) is 0. The molecule has 2 aromatic heterocycles. The van der Waals surface area contributed by atoms with E-state index in [0.29, 0.717) is 42.0 Å². The second kappa shape index (κ2) is 7.07. The summed E-state index contributed by atoms with van der Waals surface area (Å²) >= 11 is 7.10. The smallest absolute Gasteiger partial charge is 0.270 e. The molecule has 10 heteroatoms. The van der Waals surface area contributed by atoms with Gasteiger partial charge in [-0.25, -0.2) is 0 Å². The Morgan fingerprint density at radius 1 is 1.35 bits per heavy atom. The SMILES string of the molecule is O=C(CN1CCN(C(=O)c2cc(Cl)c[nH]2)CC1)Nc1nncs1. The number of aromatic amines is 1. The number of hydrogen-bond acceptors (Lipinski definition) is 6. The van der Waals surface area contributed by atoms with Crippen LogP contribution in [0.3, 0.4) is 0 Å². The van der Waals surface area contributed by atoms with Crippen molar-refractivity contribution in [2.45, 2.75) is 0 Å². The zero-order valence-electron chi connectivity index (χ0n) is 12.2. The molecular weight excluding hydrogens is 340 g/mol. The molecule has 0 atom stereocenters. The van der Waals surface area contributed by atoms with Gasteiger partial charge in [0.25, 0.3) is 5.91 Å². The number of amides is 2. The minimum atomic E-state index is -0.127. The molecule has 0 unspecified atom stereocenters. The number of hydrogen-bond donors (Lipinski definition) is 2. The van der Waals surface area contributed by atoms with Gasteiger partial charge in [0.05, 0.1) is 11.6 Å². The molecule has 3 rings (SSSR count). The number of carbonyl (C=O) groups is 2. The van der Waals surface area contributed by atoms with E-state index in [1.165, 1.54) is 11.3 Å². The van der Waals surface area contributed by atoms with Crippen LogP contribution in [0, 0.1) is 0 Å². The van der Waals surface area contributed by atoms with Crippen LogP contribution < -0.4 is 5.32 Å². The largest absolute Gasteiger partial charge is 0.356 e. The Hall–Kier alpha value is -1.97. The zero-order chi connectivity index (χ0) is 16.2. The molecule has 2 N–H and O–H groups in total. The Labute approximate surface area is 141 Å². The van der Waals surface area contributed by atoms with Crippen molar-refractivity contribution in [2.24, 2.45) is 0 Å². The summed E-state index contributed by atoms with van der Waals surface area (Å²) in [4.78, 5) is 30.8. The minimum Gasteiger partial charge on any atom is -0.356 e. The summed E-state index contributed by atoms with van der Waals surface area (Å²) in [5, 5.41) is 11.1. The van der Waals surface area contributed by atoms with E-state index in [4.69, 9.17) is 11.6 Å². The fraction of sp³-hybridized carbons (Fsp3) is 0.385. The highest BCUT2D eigenvalue weighted by atomic mass is 35.5. The Kier molecular flexibility index (Phi) is 4.89. The molecule has 0 aromatic carbocycles. The molecule has 3 heterocycles. The molecule has 1 saturated heterocycles. The van der Waals surface area contributed by atoms with E-state index in [2.05, 4.69) is 20.5 Å². The highest BCUT2D eigenvalue weighted by Crippen LogP contribution is 2.13. The van der Waals surface area contributed by atoms with E-state index >= 15 is 0 Å². The number of carbonyl (C=O) groups excluding carboxylic acids is 2. The zero-order valence-corrected chi connectivity index (χ0v) is 13.7. The first kappa shape index (κ1) is 15.9. The van der Waals surface area contributed by atoms with Gasteiger partial charge in [0.1, 0.15) is 11.2 Å². The molecule has 1 aliphatic heterocycles. The molecule has 0 saturated carbocycles. The average molecular weight is 355 g/mol. The summed E-state index contributed by atoms with van der Waals surface area (Å²) in [5.74, 6) is -0.201. The van der Waals surface area contributed by atoms with Crippen LogP contribution in [-0.2, 0) is 4.79 Å². The first-order chi connectivity index (χ1) is 11.1. The van der Waals surface area contributed by atoms with Crippen molar-refractivity contribution >= 4 is 39.9 Å². The first-order valence-corrected chi connectivity index (χ1v) is 8.29. The third-order valence-corrected chi connectivity index (χ3v) is 4.34. The summed E-state index contributed by atoms with van der Waals surface area (Å²) in [6.45, 7) is 2.70. The van der Waals surface area contributed by atoms with Crippen molar-refractivity contribution in [3.8, 4) is 0 Å². The van der Waals surface area contributed by atoms with Crippen LogP contribution in [0.1, 0.15) is 10.5 Å². The Bertz CT molecular complexity index is 680. The van der Waals surface area contributed by atoms with Crippen molar-refractivity contribution in [3.05, 3.63) is 28.5 Å². The van der Waals surface area contributed by atoms with E-state index in [0.717, 1.165) is 0 Å². The van der Waals surface area contributed by atoms with Crippen LogP contribution in [-0.4, -0.2) is 69.5 Å². The molecule has 0 radical (unpaired) electrons. The van der Waals surface area contributed by atoms with Gasteiger partial charge < -0.3 is 9.88 Å². The second-order valence-electron chi connectivity index (χ2n) is 5.09. The van der Waals surface area contributed by atoms with E-state index in [-0.39, 0.29) is 18.4 Å². The second-order valence-corrected chi connectivity index (χ2v) is 6.36. The molecule has 122 valence electrons. The Morgan fingerprint density at radius 2 is 2.13 bits per heavy atom. The van der Waals surface area contributed by atoms with Gasteiger partial charge in [0.2, 0.25) is 11.0 Å². The molecular formula is C13H15ClN6O2S. The third-order valence-electron chi connectivity index (χ3n) is 3.51. The van der Waals surface area contributed by atoms with Gasteiger partial charge >= 0.3 is 0 Å². The van der Waals surface area contributed by atoms with Gasteiger partial charge in [0, 0.05) is 32.4 Å². The highest BCUT2D eigenvalue weighted by Gasteiger charge is 2.24. The molecule has 8 nitrogen and oxygen atoms in total. The van der Waals surface area contributed by atoms with Gasteiger partial charge in [-0.15, -0.1) is 10.2 Å². The number of H-pyrrole nitrogens is 1. The number of rotatable bonds is 4. The van der Waals surface area contributed by atoms with Gasteiger partial charge in [-0.1, -0.05) is 22.9 Å². The molecule has 2 amide bonds. The van der Waals surface area contributed by atoms with Gasteiger partial charge in [-0.3, -0.25) is 19.8 Å². The van der Waals surface area contributed by atoms with Crippen LogP contribution >= 0.6 is 22.9 Å². The van der Waals surface area contributed by atoms with E-state index < -0.39 is 0 Å². The topological polar surface area (TPSA) is 94.2 Å². The van der Waals surface area contributed by atoms with Crippen LogP contribution in [0.4, 0.5) is 5.13 Å². The normalized spacial score (nSPS) is 15.6. The maximum absolute atomic E-state index is 12.3. The van der Waals surface area contributed by atoms with E-state index in [1.807, 2.05) is 4.90 Å². The van der Waals surface area contributed by atoms with Crippen molar-refractivity contribution in [3.63, 3.8) is 0 Å². The van der Waals surface area contributed by atoms with Crippen molar-refractivity contribution in [2.75, 3.05) is 38.0 Å². The number of halogens is 1. The minimum absolute atomic E-state index is 0.0742. The molecule has 0 aliphatic carbocycles. The van der Waals surface area contributed by atoms with Gasteiger partial charge in [-0.05, 0) is 6.07 Å². The summed E-state index contributed by atoms with van der Waals surface area (Å²) in [5.41, 5.74) is 2.05.